The van der Waals surface area contributed by atoms with E-state index in [2.05, 4.69) is 27.5 Å². The lowest BCUT2D eigenvalue weighted by Crippen LogP contribution is -2.37. The molecule has 100 valence electrons. The van der Waals surface area contributed by atoms with Gasteiger partial charge in [-0.1, -0.05) is 0 Å². The van der Waals surface area contributed by atoms with Crippen LogP contribution in [0.4, 0.5) is 5.95 Å². The quantitative estimate of drug-likeness (QED) is 0.852. The molecule has 0 aromatic carbocycles. The van der Waals surface area contributed by atoms with E-state index in [9.17, 15) is 0 Å². The number of nitrogens with one attached hydrogen (secondary N) is 2. The second-order valence-electron chi connectivity index (χ2n) is 5.45. The normalized spacial score (nSPS) is 23.4. The van der Waals surface area contributed by atoms with Gasteiger partial charge in [-0.3, -0.25) is 0 Å². The van der Waals surface area contributed by atoms with E-state index >= 15 is 0 Å². The molecule has 1 aromatic rings. The highest BCUT2D eigenvalue weighted by Crippen LogP contribution is 2.21. The lowest BCUT2D eigenvalue weighted by molar-refractivity contribution is 0.232. The largest absolute Gasteiger partial charge is 0.475 e. The number of nitrogens with zero attached hydrogens (tertiary/aromatic N) is 2. The fraction of sp³-hybridized carbons (Fsp3) is 0.692. The molecule has 1 aliphatic heterocycles. The van der Waals surface area contributed by atoms with Gasteiger partial charge in [-0.05, 0) is 40.7 Å². The first-order valence-electron chi connectivity index (χ1n) is 6.48. The molecule has 0 saturated carbocycles. The molecule has 2 N–H and O–H groups in total. The van der Waals surface area contributed by atoms with Crippen LogP contribution in [0, 0.1) is 6.92 Å². The number of aryl methyl sites for hydroxylation is 1. The molecule has 2 heterocycles. The van der Waals surface area contributed by atoms with Gasteiger partial charge in [0.15, 0.2) is 0 Å². The summed E-state index contributed by atoms with van der Waals surface area (Å²) in [6, 6.07) is 1.86. The van der Waals surface area contributed by atoms with Crippen LogP contribution >= 0.6 is 0 Å². The molecule has 1 atom stereocenters. The summed E-state index contributed by atoms with van der Waals surface area (Å²) in [4.78, 5) is 8.83. The SMILES string of the molecule is Cc1cc(OC(C)C)nc(NC2(C)CCNC2)n1. The summed E-state index contributed by atoms with van der Waals surface area (Å²) >= 11 is 0. The molecule has 0 aliphatic carbocycles. The topological polar surface area (TPSA) is 59.1 Å². The van der Waals surface area contributed by atoms with E-state index < -0.39 is 0 Å². The van der Waals surface area contributed by atoms with Crippen LogP contribution < -0.4 is 15.4 Å². The summed E-state index contributed by atoms with van der Waals surface area (Å²) in [6.45, 7) is 10.1. The summed E-state index contributed by atoms with van der Waals surface area (Å²) in [5.74, 6) is 1.28. The van der Waals surface area contributed by atoms with Crippen LogP contribution in [-0.4, -0.2) is 34.7 Å². The molecule has 18 heavy (non-hydrogen) atoms. The maximum absolute atomic E-state index is 5.63. The van der Waals surface area contributed by atoms with E-state index in [-0.39, 0.29) is 11.6 Å². The highest BCUT2D eigenvalue weighted by molar-refractivity contribution is 5.34. The van der Waals surface area contributed by atoms with Gasteiger partial charge in [0.05, 0.1) is 11.6 Å². The third-order valence-corrected chi connectivity index (χ3v) is 2.97. The van der Waals surface area contributed by atoms with Crippen molar-refractivity contribution in [1.29, 1.82) is 0 Å². The molecule has 1 aliphatic rings. The third-order valence-electron chi connectivity index (χ3n) is 2.97. The monoisotopic (exact) mass is 250 g/mol. The fourth-order valence-electron chi connectivity index (χ4n) is 2.09. The zero-order chi connectivity index (χ0) is 13.2. The van der Waals surface area contributed by atoms with E-state index in [1.54, 1.807) is 0 Å². The van der Waals surface area contributed by atoms with E-state index in [1.165, 1.54) is 0 Å². The average Bonchev–Trinajstić information content (AvgIpc) is 2.62. The summed E-state index contributed by atoms with van der Waals surface area (Å²) < 4.78 is 5.63. The van der Waals surface area contributed by atoms with Gasteiger partial charge < -0.3 is 15.4 Å². The molecule has 0 spiro atoms. The zero-order valence-electron chi connectivity index (χ0n) is 11.6. The lowest BCUT2D eigenvalue weighted by Gasteiger charge is -2.24. The van der Waals surface area contributed by atoms with Crippen molar-refractivity contribution in [3.63, 3.8) is 0 Å². The first kappa shape index (κ1) is 13.1. The van der Waals surface area contributed by atoms with Gasteiger partial charge in [0.2, 0.25) is 11.8 Å². The summed E-state index contributed by atoms with van der Waals surface area (Å²) in [7, 11) is 0. The second-order valence-corrected chi connectivity index (χ2v) is 5.45. The molecule has 0 bridgehead atoms. The molecular weight excluding hydrogens is 228 g/mol. The molecule has 1 fully saturated rings. The van der Waals surface area contributed by atoms with Gasteiger partial charge in [-0.15, -0.1) is 0 Å². The Hall–Kier alpha value is -1.36. The Bertz CT molecular complexity index is 413. The second kappa shape index (κ2) is 5.10. The van der Waals surface area contributed by atoms with Gasteiger partial charge in [-0.25, -0.2) is 4.98 Å². The van der Waals surface area contributed by atoms with Crippen molar-refractivity contribution in [2.24, 2.45) is 0 Å². The fourth-order valence-corrected chi connectivity index (χ4v) is 2.09. The van der Waals surface area contributed by atoms with Crippen LogP contribution in [0.2, 0.25) is 0 Å². The molecule has 1 aromatic heterocycles. The van der Waals surface area contributed by atoms with Crippen molar-refractivity contribution in [1.82, 2.24) is 15.3 Å². The minimum Gasteiger partial charge on any atom is -0.475 e. The molecule has 5 nitrogen and oxygen atoms in total. The number of rotatable bonds is 4. The summed E-state index contributed by atoms with van der Waals surface area (Å²) in [6.07, 6.45) is 1.20. The minimum atomic E-state index is 0.0306. The lowest BCUT2D eigenvalue weighted by atomic mass is 10.0. The predicted octanol–water partition coefficient (Wildman–Crippen LogP) is 1.74. The Morgan fingerprint density at radius 3 is 2.83 bits per heavy atom. The van der Waals surface area contributed by atoms with Gasteiger partial charge in [0.1, 0.15) is 0 Å². The predicted molar refractivity (Wildman–Crippen MR) is 72.0 cm³/mol. The van der Waals surface area contributed by atoms with Crippen molar-refractivity contribution in [3.8, 4) is 5.88 Å². The Labute approximate surface area is 108 Å². The first-order chi connectivity index (χ1) is 8.47. The van der Waals surface area contributed by atoms with Gasteiger partial charge in [-0.2, -0.15) is 4.98 Å². The smallest absolute Gasteiger partial charge is 0.226 e. The molecule has 2 rings (SSSR count). The van der Waals surface area contributed by atoms with Gasteiger partial charge in [0.25, 0.3) is 0 Å². The Morgan fingerprint density at radius 2 is 2.22 bits per heavy atom. The molecule has 1 unspecified atom stereocenters. The Morgan fingerprint density at radius 1 is 1.44 bits per heavy atom. The van der Waals surface area contributed by atoms with E-state index in [1.807, 2.05) is 26.8 Å². The van der Waals surface area contributed by atoms with E-state index in [0.717, 1.165) is 25.2 Å². The minimum absolute atomic E-state index is 0.0306. The summed E-state index contributed by atoms with van der Waals surface area (Å²) in [5, 5.41) is 6.75. The van der Waals surface area contributed by atoms with Crippen molar-refractivity contribution >= 4 is 5.95 Å². The van der Waals surface area contributed by atoms with E-state index in [4.69, 9.17) is 4.74 Å². The highest BCUT2D eigenvalue weighted by atomic mass is 16.5. The Kier molecular flexibility index (Phi) is 3.71. The molecule has 0 radical (unpaired) electrons. The Balaban J connectivity index is 2.14. The summed E-state index contributed by atoms with van der Waals surface area (Å²) in [5.41, 5.74) is 0.945. The van der Waals surface area contributed by atoms with Crippen molar-refractivity contribution in [2.45, 2.75) is 45.8 Å². The van der Waals surface area contributed by atoms with Crippen molar-refractivity contribution in [3.05, 3.63) is 11.8 Å². The third kappa shape index (κ3) is 3.32. The first-order valence-corrected chi connectivity index (χ1v) is 6.48. The number of anilines is 1. The molecule has 0 amide bonds. The maximum Gasteiger partial charge on any atom is 0.226 e. The number of hydrogen-bond donors (Lipinski definition) is 2. The van der Waals surface area contributed by atoms with Crippen LogP contribution in [0.15, 0.2) is 6.07 Å². The van der Waals surface area contributed by atoms with Crippen molar-refractivity contribution < 1.29 is 4.74 Å². The van der Waals surface area contributed by atoms with Crippen LogP contribution in [0.1, 0.15) is 32.9 Å². The molecule has 1 saturated heterocycles. The van der Waals surface area contributed by atoms with Gasteiger partial charge >= 0.3 is 0 Å². The van der Waals surface area contributed by atoms with Crippen LogP contribution in [-0.2, 0) is 0 Å². The maximum atomic E-state index is 5.63. The van der Waals surface area contributed by atoms with Gasteiger partial charge in [0, 0.05) is 18.3 Å². The number of ether oxygens (including phenoxy) is 1. The highest BCUT2D eigenvalue weighted by Gasteiger charge is 2.29. The number of hydrogen-bond acceptors (Lipinski definition) is 5. The average molecular weight is 250 g/mol. The standard InChI is InChI=1S/C13H22N4O/c1-9(2)18-11-7-10(3)15-12(16-11)17-13(4)5-6-14-8-13/h7,9,14H,5-6,8H2,1-4H3,(H,15,16,17). The van der Waals surface area contributed by atoms with Crippen LogP contribution in [0.3, 0.4) is 0 Å². The van der Waals surface area contributed by atoms with Crippen molar-refractivity contribution in [2.75, 3.05) is 18.4 Å². The molecule has 5 heteroatoms. The zero-order valence-corrected chi connectivity index (χ0v) is 11.6. The number of aromatic nitrogens is 2. The van der Waals surface area contributed by atoms with E-state index in [0.29, 0.717) is 11.8 Å². The molecular formula is C13H22N4O. The van der Waals surface area contributed by atoms with Crippen LogP contribution in [0.5, 0.6) is 5.88 Å². The van der Waals surface area contributed by atoms with Crippen LogP contribution in [0.25, 0.3) is 0 Å².